The lowest BCUT2D eigenvalue weighted by Gasteiger charge is -2.10. The number of aromatic hydroxyl groups is 2. The Balaban J connectivity index is 2.27. The Bertz CT molecular complexity index is 562. The van der Waals surface area contributed by atoms with Gasteiger partial charge in [-0.1, -0.05) is 25.1 Å². The summed E-state index contributed by atoms with van der Waals surface area (Å²) in [6, 6.07) is 11.2. The van der Waals surface area contributed by atoms with Crippen molar-refractivity contribution in [1.82, 2.24) is 0 Å². The van der Waals surface area contributed by atoms with E-state index in [4.69, 9.17) is 0 Å². The first-order chi connectivity index (χ1) is 9.10. The van der Waals surface area contributed by atoms with Crippen molar-refractivity contribution in [3.05, 3.63) is 47.5 Å². The zero-order valence-corrected chi connectivity index (χ0v) is 12.0. The van der Waals surface area contributed by atoms with E-state index in [1.165, 1.54) is 0 Å². The lowest BCUT2D eigenvalue weighted by atomic mass is 10.1. The van der Waals surface area contributed by atoms with E-state index in [1.807, 2.05) is 31.2 Å². The Morgan fingerprint density at radius 2 is 1.68 bits per heavy atom. The van der Waals surface area contributed by atoms with Crippen LogP contribution in [0.5, 0.6) is 11.5 Å². The predicted octanol–water partition coefficient (Wildman–Crippen LogP) is 4.51. The molecule has 0 saturated heterocycles. The second kappa shape index (κ2) is 6.02. The molecule has 2 rings (SSSR count). The molecule has 3 heteroatoms. The molecular formula is C16H18O2S. The molecule has 0 unspecified atom stereocenters. The quantitative estimate of drug-likeness (QED) is 0.861. The van der Waals surface area contributed by atoms with Gasteiger partial charge in [0.2, 0.25) is 0 Å². The molecule has 2 N–H and O–H groups in total. The summed E-state index contributed by atoms with van der Waals surface area (Å²) in [6.07, 6.45) is 1.90. The smallest absolute Gasteiger partial charge is 0.121 e. The Morgan fingerprint density at radius 1 is 1.00 bits per heavy atom. The molecule has 100 valence electrons. The van der Waals surface area contributed by atoms with E-state index >= 15 is 0 Å². The highest BCUT2D eigenvalue weighted by atomic mass is 32.2. The molecule has 0 spiro atoms. The molecule has 0 aliphatic heterocycles. The van der Waals surface area contributed by atoms with Gasteiger partial charge in [0.25, 0.3) is 0 Å². The second-order valence-electron chi connectivity index (χ2n) is 4.59. The summed E-state index contributed by atoms with van der Waals surface area (Å²) in [6.45, 7) is 4.03. The van der Waals surface area contributed by atoms with Crippen LogP contribution < -0.4 is 0 Å². The largest absolute Gasteiger partial charge is 0.508 e. The Labute approximate surface area is 118 Å². The molecule has 19 heavy (non-hydrogen) atoms. The number of aryl methyl sites for hydroxylation is 2. The minimum absolute atomic E-state index is 0.276. The molecule has 0 heterocycles. The third-order valence-corrected chi connectivity index (χ3v) is 3.92. The van der Waals surface area contributed by atoms with Crippen LogP contribution in [-0.2, 0) is 6.42 Å². The van der Waals surface area contributed by atoms with E-state index in [-0.39, 0.29) is 5.75 Å². The fourth-order valence-electron chi connectivity index (χ4n) is 1.99. The number of phenols is 2. The average Bonchev–Trinajstić information content (AvgIpc) is 2.38. The lowest BCUT2D eigenvalue weighted by molar-refractivity contribution is 0.462. The van der Waals surface area contributed by atoms with Gasteiger partial charge in [-0.05, 0) is 60.9 Å². The average molecular weight is 274 g/mol. The molecule has 0 aliphatic carbocycles. The van der Waals surface area contributed by atoms with Crippen molar-refractivity contribution in [2.24, 2.45) is 0 Å². The maximum atomic E-state index is 10.0. The first-order valence-corrected chi connectivity index (χ1v) is 7.21. The Morgan fingerprint density at radius 3 is 2.32 bits per heavy atom. The molecule has 0 amide bonds. The number of rotatable bonds is 4. The van der Waals surface area contributed by atoms with Crippen molar-refractivity contribution in [3.63, 3.8) is 0 Å². The van der Waals surface area contributed by atoms with Crippen LogP contribution in [0.3, 0.4) is 0 Å². The molecule has 0 aromatic heterocycles. The molecule has 0 saturated carbocycles. The van der Waals surface area contributed by atoms with Crippen LogP contribution >= 0.6 is 11.8 Å². The van der Waals surface area contributed by atoms with Crippen molar-refractivity contribution >= 4 is 11.8 Å². The molecule has 0 aliphatic rings. The van der Waals surface area contributed by atoms with Crippen LogP contribution in [0.1, 0.15) is 24.5 Å². The maximum Gasteiger partial charge on any atom is 0.121 e. The molecule has 0 radical (unpaired) electrons. The zero-order valence-electron chi connectivity index (χ0n) is 11.2. The highest BCUT2D eigenvalue weighted by molar-refractivity contribution is 7.99. The lowest BCUT2D eigenvalue weighted by Crippen LogP contribution is -1.89. The standard InChI is InChI=1S/C16H18O2S/c1-3-4-12-10-15(9-11(2)16(12)18)19-14-7-5-13(17)6-8-14/h5-10,17-18H,3-4H2,1-2H3. The van der Waals surface area contributed by atoms with Crippen LogP contribution in [0.2, 0.25) is 0 Å². The first kappa shape index (κ1) is 13.8. The van der Waals surface area contributed by atoms with Gasteiger partial charge in [-0.15, -0.1) is 0 Å². The van der Waals surface area contributed by atoms with Gasteiger partial charge in [-0.2, -0.15) is 0 Å². The summed E-state index contributed by atoms with van der Waals surface area (Å²) in [4.78, 5) is 2.19. The van der Waals surface area contributed by atoms with Gasteiger partial charge in [0.1, 0.15) is 11.5 Å². The summed E-state index contributed by atoms with van der Waals surface area (Å²) in [5.74, 6) is 0.690. The van der Waals surface area contributed by atoms with Crippen molar-refractivity contribution in [1.29, 1.82) is 0 Å². The van der Waals surface area contributed by atoms with Crippen LogP contribution in [-0.4, -0.2) is 10.2 Å². The van der Waals surface area contributed by atoms with Gasteiger partial charge in [-0.3, -0.25) is 0 Å². The van der Waals surface area contributed by atoms with E-state index in [9.17, 15) is 10.2 Å². The maximum absolute atomic E-state index is 10.0. The van der Waals surface area contributed by atoms with Crippen molar-refractivity contribution in [3.8, 4) is 11.5 Å². The summed E-state index contributed by atoms with van der Waals surface area (Å²) >= 11 is 1.64. The number of benzene rings is 2. The SMILES string of the molecule is CCCc1cc(Sc2ccc(O)cc2)cc(C)c1O. The van der Waals surface area contributed by atoms with Gasteiger partial charge in [-0.25, -0.2) is 0 Å². The van der Waals surface area contributed by atoms with Gasteiger partial charge in [0.15, 0.2) is 0 Å². The van der Waals surface area contributed by atoms with E-state index in [0.29, 0.717) is 5.75 Å². The molecule has 2 nitrogen and oxygen atoms in total. The van der Waals surface area contributed by atoms with Crippen molar-refractivity contribution < 1.29 is 10.2 Å². The third-order valence-electron chi connectivity index (χ3n) is 2.94. The van der Waals surface area contributed by atoms with Crippen LogP contribution in [0.25, 0.3) is 0 Å². The fourth-order valence-corrected chi connectivity index (χ4v) is 2.97. The molecule has 0 atom stereocenters. The van der Waals surface area contributed by atoms with Crippen LogP contribution in [0, 0.1) is 6.92 Å². The number of phenolic OH excluding ortho intramolecular Hbond substituents is 2. The monoisotopic (exact) mass is 274 g/mol. The summed E-state index contributed by atoms with van der Waals surface area (Å²) in [5, 5.41) is 19.3. The third kappa shape index (κ3) is 3.44. The molecule has 0 fully saturated rings. The summed E-state index contributed by atoms with van der Waals surface area (Å²) < 4.78 is 0. The van der Waals surface area contributed by atoms with E-state index in [1.54, 1.807) is 23.9 Å². The highest BCUT2D eigenvalue weighted by Crippen LogP contribution is 2.34. The first-order valence-electron chi connectivity index (χ1n) is 6.39. The summed E-state index contributed by atoms with van der Waals surface area (Å²) in [7, 11) is 0. The zero-order chi connectivity index (χ0) is 13.8. The molecule has 0 bridgehead atoms. The van der Waals surface area contributed by atoms with Gasteiger partial charge >= 0.3 is 0 Å². The van der Waals surface area contributed by atoms with Gasteiger partial charge in [0, 0.05) is 9.79 Å². The minimum Gasteiger partial charge on any atom is -0.508 e. The van der Waals surface area contributed by atoms with E-state index in [2.05, 4.69) is 6.92 Å². The molecule has 2 aromatic carbocycles. The van der Waals surface area contributed by atoms with E-state index < -0.39 is 0 Å². The second-order valence-corrected chi connectivity index (χ2v) is 5.74. The van der Waals surface area contributed by atoms with Crippen molar-refractivity contribution in [2.75, 3.05) is 0 Å². The predicted molar refractivity (Wildman–Crippen MR) is 79.1 cm³/mol. The van der Waals surface area contributed by atoms with Crippen LogP contribution in [0.4, 0.5) is 0 Å². The van der Waals surface area contributed by atoms with Gasteiger partial charge in [0.05, 0.1) is 0 Å². The Kier molecular flexibility index (Phi) is 4.38. The minimum atomic E-state index is 0.276. The summed E-state index contributed by atoms with van der Waals surface area (Å²) in [5.41, 5.74) is 1.91. The van der Waals surface area contributed by atoms with Gasteiger partial charge < -0.3 is 10.2 Å². The number of hydrogen-bond acceptors (Lipinski definition) is 3. The van der Waals surface area contributed by atoms with Crippen molar-refractivity contribution in [2.45, 2.75) is 36.5 Å². The fraction of sp³-hybridized carbons (Fsp3) is 0.250. The van der Waals surface area contributed by atoms with E-state index in [0.717, 1.165) is 33.8 Å². The normalized spacial score (nSPS) is 10.6. The Hall–Kier alpha value is -1.61. The molecule has 2 aromatic rings. The highest BCUT2D eigenvalue weighted by Gasteiger charge is 2.07. The molecular weight excluding hydrogens is 256 g/mol. The topological polar surface area (TPSA) is 40.5 Å². The van der Waals surface area contributed by atoms with Crippen LogP contribution in [0.15, 0.2) is 46.2 Å². The number of hydrogen-bond donors (Lipinski definition) is 2.